The first-order valence-electron chi connectivity index (χ1n) is 8.49. The minimum absolute atomic E-state index is 0.186. The Morgan fingerprint density at radius 1 is 0.960 bits per heavy atom. The van der Waals surface area contributed by atoms with Gasteiger partial charge in [-0.3, -0.25) is 9.59 Å². The van der Waals surface area contributed by atoms with Gasteiger partial charge in [-0.2, -0.15) is 0 Å². The smallest absolute Gasteiger partial charge is 0.270 e. The van der Waals surface area contributed by atoms with Gasteiger partial charge in [0.2, 0.25) is 0 Å². The average Bonchev–Trinajstić information content (AvgIpc) is 2.63. The summed E-state index contributed by atoms with van der Waals surface area (Å²) in [4.78, 5) is 27.0. The molecule has 0 heterocycles. The summed E-state index contributed by atoms with van der Waals surface area (Å²) in [5.74, 6) is -0.475. The van der Waals surface area contributed by atoms with Gasteiger partial charge in [0.05, 0.1) is 0 Å². The average molecular weight is 336 g/mol. The van der Waals surface area contributed by atoms with Crippen molar-refractivity contribution >= 4 is 17.9 Å². The Hall–Kier alpha value is -2.88. The summed E-state index contributed by atoms with van der Waals surface area (Å²) in [6, 6.07) is 16.8. The van der Waals surface area contributed by atoms with Gasteiger partial charge in [-0.25, -0.2) is 0 Å². The molecule has 130 valence electrons. The topological polar surface area (TPSA) is 49.4 Å². The molecule has 4 heteroatoms. The van der Waals surface area contributed by atoms with E-state index >= 15 is 0 Å². The minimum atomic E-state index is -0.289. The fourth-order valence-electron chi connectivity index (χ4n) is 2.45. The SMILES string of the molecule is CCN(CC)C(=O)/C(=C/c1ccccc1)NC(=O)c1ccc(C)cc1. The Labute approximate surface area is 149 Å². The lowest BCUT2D eigenvalue weighted by Crippen LogP contribution is -2.38. The van der Waals surface area contributed by atoms with Crippen molar-refractivity contribution in [2.24, 2.45) is 0 Å². The molecule has 0 saturated carbocycles. The fourth-order valence-corrected chi connectivity index (χ4v) is 2.45. The Balaban J connectivity index is 2.31. The predicted molar refractivity (Wildman–Crippen MR) is 101 cm³/mol. The molecule has 2 rings (SSSR count). The van der Waals surface area contributed by atoms with E-state index in [9.17, 15) is 9.59 Å². The van der Waals surface area contributed by atoms with Crippen LogP contribution < -0.4 is 5.32 Å². The first-order chi connectivity index (χ1) is 12.0. The summed E-state index contributed by atoms with van der Waals surface area (Å²) < 4.78 is 0. The number of carbonyl (C=O) groups is 2. The largest absolute Gasteiger partial charge is 0.338 e. The molecule has 0 saturated heterocycles. The number of rotatable bonds is 6. The molecular weight excluding hydrogens is 312 g/mol. The van der Waals surface area contributed by atoms with Crippen molar-refractivity contribution in [3.63, 3.8) is 0 Å². The number of nitrogens with zero attached hydrogens (tertiary/aromatic N) is 1. The third-order valence-corrected chi connectivity index (χ3v) is 3.95. The number of aryl methyl sites for hydroxylation is 1. The van der Waals surface area contributed by atoms with Crippen LogP contribution in [0.15, 0.2) is 60.3 Å². The fraction of sp³-hybridized carbons (Fsp3) is 0.238. The van der Waals surface area contributed by atoms with Gasteiger partial charge in [-0.05, 0) is 44.5 Å². The first-order valence-corrected chi connectivity index (χ1v) is 8.49. The van der Waals surface area contributed by atoms with Crippen LogP contribution in [0.4, 0.5) is 0 Å². The molecule has 0 spiro atoms. The molecule has 25 heavy (non-hydrogen) atoms. The van der Waals surface area contributed by atoms with Crippen molar-refractivity contribution in [1.29, 1.82) is 0 Å². The van der Waals surface area contributed by atoms with Gasteiger partial charge in [-0.15, -0.1) is 0 Å². The second-order valence-corrected chi connectivity index (χ2v) is 5.77. The van der Waals surface area contributed by atoms with Gasteiger partial charge in [0.1, 0.15) is 5.70 Å². The number of likely N-dealkylation sites (N-methyl/N-ethyl adjacent to an activating group) is 1. The Bertz CT molecular complexity index is 745. The number of amides is 2. The van der Waals surface area contributed by atoms with Gasteiger partial charge in [-0.1, -0.05) is 48.0 Å². The van der Waals surface area contributed by atoms with Crippen LogP contribution in [0.25, 0.3) is 6.08 Å². The lowest BCUT2D eigenvalue weighted by Gasteiger charge is -2.21. The third kappa shape index (κ3) is 5.05. The number of nitrogens with one attached hydrogen (secondary N) is 1. The molecule has 0 aromatic heterocycles. The number of carbonyl (C=O) groups excluding carboxylic acids is 2. The highest BCUT2D eigenvalue weighted by Crippen LogP contribution is 2.10. The van der Waals surface area contributed by atoms with Crippen molar-refractivity contribution in [3.05, 3.63) is 77.0 Å². The predicted octanol–water partition coefficient (Wildman–Crippen LogP) is 3.63. The van der Waals surface area contributed by atoms with Gasteiger partial charge in [0.25, 0.3) is 11.8 Å². The van der Waals surface area contributed by atoms with Crippen LogP contribution >= 0.6 is 0 Å². The van der Waals surface area contributed by atoms with E-state index in [1.807, 2.05) is 63.2 Å². The molecular formula is C21H24N2O2. The van der Waals surface area contributed by atoms with E-state index in [4.69, 9.17) is 0 Å². The zero-order valence-corrected chi connectivity index (χ0v) is 15.0. The van der Waals surface area contributed by atoms with E-state index in [0.717, 1.165) is 11.1 Å². The number of hydrogen-bond donors (Lipinski definition) is 1. The van der Waals surface area contributed by atoms with Crippen LogP contribution in [0, 0.1) is 6.92 Å². The van der Waals surface area contributed by atoms with E-state index in [-0.39, 0.29) is 17.5 Å². The third-order valence-electron chi connectivity index (χ3n) is 3.95. The van der Waals surface area contributed by atoms with Crippen molar-refractivity contribution < 1.29 is 9.59 Å². The van der Waals surface area contributed by atoms with Gasteiger partial charge < -0.3 is 10.2 Å². The van der Waals surface area contributed by atoms with Gasteiger partial charge >= 0.3 is 0 Å². The highest BCUT2D eigenvalue weighted by atomic mass is 16.2. The van der Waals surface area contributed by atoms with Crippen LogP contribution in [0.3, 0.4) is 0 Å². The molecule has 2 aromatic carbocycles. The zero-order chi connectivity index (χ0) is 18.2. The molecule has 0 bridgehead atoms. The summed E-state index contributed by atoms with van der Waals surface area (Å²) >= 11 is 0. The van der Waals surface area contributed by atoms with E-state index in [1.54, 1.807) is 23.1 Å². The molecule has 1 N–H and O–H groups in total. The summed E-state index contributed by atoms with van der Waals surface area (Å²) in [5.41, 5.74) is 2.75. The van der Waals surface area contributed by atoms with E-state index < -0.39 is 0 Å². The van der Waals surface area contributed by atoms with Gasteiger partial charge in [0, 0.05) is 18.7 Å². The quantitative estimate of drug-likeness (QED) is 0.819. The monoisotopic (exact) mass is 336 g/mol. The molecule has 0 aliphatic carbocycles. The summed E-state index contributed by atoms with van der Waals surface area (Å²) in [5, 5.41) is 2.78. The van der Waals surface area contributed by atoms with Gasteiger partial charge in [0.15, 0.2) is 0 Å². The maximum atomic E-state index is 12.8. The molecule has 0 atom stereocenters. The highest BCUT2D eigenvalue weighted by molar-refractivity contribution is 6.05. The highest BCUT2D eigenvalue weighted by Gasteiger charge is 2.18. The lowest BCUT2D eigenvalue weighted by molar-refractivity contribution is -0.127. The summed E-state index contributed by atoms with van der Waals surface area (Å²) in [7, 11) is 0. The molecule has 0 aliphatic heterocycles. The zero-order valence-electron chi connectivity index (χ0n) is 15.0. The van der Waals surface area contributed by atoms with Crippen molar-refractivity contribution in [1.82, 2.24) is 10.2 Å². The Kier molecular flexibility index (Phi) is 6.52. The molecule has 0 fully saturated rings. The number of benzene rings is 2. The summed E-state index contributed by atoms with van der Waals surface area (Å²) in [6.07, 6.45) is 1.72. The Morgan fingerprint density at radius 3 is 2.12 bits per heavy atom. The molecule has 0 aliphatic rings. The van der Waals surface area contributed by atoms with Crippen molar-refractivity contribution in [3.8, 4) is 0 Å². The Morgan fingerprint density at radius 2 is 1.56 bits per heavy atom. The molecule has 4 nitrogen and oxygen atoms in total. The van der Waals surface area contributed by atoms with E-state index in [2.05, 4.69) is 5.32 Å². The lowest BCUT2D eigenvalue weighted by atomic mass is 10.1. The standard InChI is InChI=1S/C21H24N2O2/c1-4-23(5-2)21(25)19(15-17-9-7-6-8-10-17)22-20(24)18-13-11-16(3)12-14-18/h6-15H,4-5H2,1-3H3,(H,22,24)/b19-15-. The molecule has 2 aromatic rings. The van der Waals surface area contributed by atoms with Crippen molar-refractivity contribution in [2.45, 2.75) is 20.8 Å². The van der Waals surface area contributed by atoms with Crippen LogP contribution in [0.1, 0.15) is 35.3 Å². The van der Waals surface area contributed by atoms with Crippen molar-refractivity contribution in [2.75, 3.05) is 13.1 Å². The normalized spacial score (nSPS) is 11.1. The maximum Gasteiger partial charge on any atom is 0.270 e. The van der Waals surface area contributed by atoms with E-state index in [1.165, 1.54) is 0 Å². The number of hydrogen-bond acceptors (Lipinski definition) is 2. The summed E-state index contributed by atoms with van der Waals surface area (Å²) in [6.45, 7) is 6.97. The van der Waals surface area contributed by atoms with Crippen LogP contribution in [-0.2, 0) is 4.79 Å². The maximum absolute atomic E-state index is 12.8. The molecule has 2 amide bonds. The van der Waals surface area contributed by atoms with E-state index in [0.29, 0.717) is 18.7 Å². The first kappa shape index (κ1) is 18.5. The minimum Gasteiger partial charge on any atom is -0.338 e. The molecule has 0 unspecified atom stereocenters. The second kappa shape index (κ2) is 8.83. The van der Waals surface area contributed by atoms with Crippen LogP contribution in [0.5, 0.6) is 0 Å². The molecule has 0 radical (unpaired) electrons. The van der Waals surface area contributed by atoms with Crippen LogP contribution in [0.2, 0.25) is 0 Å². The van der Waals surface area contributed by atoms with Crippen LogP contribution in [-0.4, -0.2) is 29.8 Å². The second-order valence-electron chi connectivity index (χ2n) is 5.77.